The van der Waals surface area contributed by atoms with Crippen molar-refractivity contribution in [3.8, 4) is 6.07 Å². The fourth-order valence-electron chi connectivity index (χ4n) is 1.56. The number of H-pyrrole nitrogens is 1. The van der Waals surface area contributed by atoms with E-state index in [1.807, 2.05) is 0 Å². The molecule has 0 aliphatic rings. The smallest absolute Gasteiger partial charge is 0.289 e. The number of aromatic nitrogens is 3. The van der Waals surface area contributed by atoms with Crippen LogP contribution in [0.25, 0.3) is 0 Å². The van der Waals surface area contributed by atoms with Gasteiger partial charge in [-0.2, -0.15) is 10.4 Å². The average molecular weight is 258 g/mol. The molecule has 0 fully saturated rings. The van der Waals surface area contributed by atoms with Gasteiger partial charge in [-0.05, 0) is 12.1 Å². The summed E-state index contributed by atoms with van der Waals surface area (Å²) in [4.78, 5) is 14.2. The number of nitro benzene ring substituents is 1. The minimum atomic E-state index is -0.569. The number of hydrogen-bond donors (Lipinski definition) is 2. The minimum absolute atomic E-state index is 0.0470. The van der Waals surface area contributed by atoms with Gasteiger partial charge in [0.15, 0.2) is 0 Å². The third-order valence-corrected chi connectivity index (χ3v) is 2.47. The van der Waals surface area contributed by atoms with Gasteiger partial charge in [-0.3, -0.25) is 15.2 Å². The number of nitriles is 1. The number of nitrogens with zero attached hydrogens (tertiary/aromatic N) is 4. The molecule has 2 N–H and O–H groups in total. The van der Waals surface area contributed by atoms with Crippen molar-refractivity contribution < 1.29 is 4.92 Å². The third-order valence-electron chi connectivity index (χ3n) is 2.47. The van der Waals surface area contributed by atoms with Crippen LogP contribution in [0.2, 0.25) is 0 Å². The van der Waals surface area contributed by atoms with Gasteiger partial charge in [-0.1, -0.05) is 0 Å². The Kier molecular flexibility index (Phi) is 3.68. The van der Waals surface area contributed by atoms with E-state index < -0.39 is 4.92 Å². The van der Waals surface area contributed by atoms with E-state index in [1.165, 1.54) is 18.5 Å². The van der Waals surface area contributed by atoms with Gasteiger partial charge in [0.1, 0.15) is 23.8 Å². The Balaban J connectivity index is 2.03. The summed E-state index contributed by atoms with van der Waals surface area (Å²) in [5.41, 5.74) is 0.433. The van der Waals surface area contributed by atoms with E-state index >= 15 is 0 Å². The zero-order chi connectivity index (χ0) is 13.7. The molecule has 0 saturated heterocycles. The summed E-state index contributed by atoms with van der Waals surface area (Å²) in [6.45, 7) is 0.554. The second kappa shape index (κ2) is 5.59. The first kappa shape index (κ1) is 12.5. The quantitative estimate of drug-likeness (QED) is 0.614. The Bertz CT molecular complexity index is 617. The number of nitrogens with one attached hydrogen (secondary N) is 2. The monoisotopic (exact) mass is 258 g/mol. The van der Waals surface area contributed by atoms with Crippen molar-refractivity contribution in [3.05, 3.63) is 46.0 Å². The largest absolute Gasteiger partial charge is 0.384 e. The molecule has 2 aromatic rings. The number of hydrogen-bond acceptors (Lipinski definition) is 6. The zero-order valence-corrected chi connectivity index (χ0v) is 9.83. The predicted octanol–water partition coefficient (Wildman–Crippen LogP) is 1.24. The number of aromatic amines is 1. The van der Waals surface area contributed by atoms with Crippen molar-refractivity contribution >= 4 is 11.4 Å². The first-order chi connectivity index (χ1) is 9.20. The number of benzene rings is 1. The number of anilines is 1. The summed E-state index contributed by atoms with van der Waals surface area (Å²) >= 11 is 0. The van der Waals surface area contributed by atoms with Crippen molar-refractivity contribution in [3.63, 3.8) is 0 Å². The topological polar surface area (TPSA) is 121 Å². The van der Waals surface area contributed by atoms with Crippen LogP contribution in [-0.4, -0.2) is 26.6 Å². The molecule has 8 heteroatoms. The van der Waals surface area contributed by atoms with Gasteiger partial charge >= 0.3 is 0 Å². The standard InChI is InChI=1S/C11H10N6O2/c12-6-8-1-2-9(5-10(8)17(18)19)13-4-3-11-14-7-15-16-11/h1-2,5,7,13H,3-4H2,(H,14,15,16). The van der Waals surface area contributed by atoms with Gasteiger partial charge < -0.3 is 5.32 Å². The Labute approximate surface area is 108 Å². The first-order valence-corrected chi connectivity index (χ1v) is 5.47. The molecule has 8 nitrogen and oxygen atoms in total. The zero-order valence-electron chi connectivity index (χ0n) is 9.83. The van der Waals surface area contributed by atoms with Crippen LogP contribution in [0.5, 0.6) is 0 Å². The molecule has 1 aromatic carbocycles. The maximum absolute atomic E-state index is 10.8. The maximum atomic E-state index is 10.8. The van der Waals surface area contributed by atoms with Crippen LogP contribution in [0.3, 0.4) is 0 Å². The Morgan fingerprint density at radius 3 is 3.00 bits per heavy atom. The normalized spacial score (nSPS) is 9.84. The van der Waals surface area contributed by atoms with Gasteiger partial charge in [0.25, 0.3) is 5.69 Å². The molecule has 96 valence electrons. The fourth-order valence-corrected chi connectivity index (χ4v) is 1.56. The number of nitro groups is 1. The Morgan fingerprint density at radius 1 is 1.53 bits per heavy atom. The van der Waals surface area contributed by atoms with E-state index in [2.05, 4.69) is 20.5 Å². The molecule has 1 heterocycles. The van der Waals surface area contributed by atoms with E-state index in [4.69, 9.17) is 5.26 Å². The second-order valence-electron chi connectivity index (χ2n) is 3.71. The highest BCUT2D eigenvalue weighted by Gasteiger charge is 2.13. The lowest BCUT2D eigenvalue weighted by molar-refractivity contribution is -0.385. The second-order valence-corrected chi connectivity index (χ2v) is 3.71. The van der Waals surface area contributed by atoms with Crippen molar-refractivity contribution in [2.24, 2.45) is 0 Å². The lowest BCUT2D eigenvalue weighted by Crippen LogP contribution is -2.06. The molecule has 1 aromatic heterocycles. The van der Waals surface area contributed by atoms with Crippen molar-refractivity contribution in [1.29, 1.82) is 5.26 Å². The molecule has 0 bridgehead atoms. The van der Waals surface area contributed by atoms with E-state index in [0.717, 1.165) is 5.82 Å². The molecule has 0 unspecified atom stereocenters. The van der Waals surface area contributed by atoms with Crippen molar-refractivity contribution in [2.45, 2.75) is 6.42 Å². The van der Waals surface area contributed by atoms with E-state index in [1.54, 1.807) is 12.1 Å². The summed E-state index contributed by atoms with van der Waals surface area (Å²) in [5, 5.41) is 29.0. The van der Waals surface area contributed by atoms with Gasteiger partial charge in [0, 0.05) is 24.7 Å². The average Bonchev–Trinajstić information content (AvgIpc) is 2.91. The van der Waals surface area contributed by atoms with E-state index in [-0.39, 0.29) is 11.3 Å². The highest BCUT2D eigenvalue weighted by atomic mass is 16.6. The lowest BCUT2D eigenvalue weighted by Gasteiger charge is -2.05. The highest BCUT2D eigenvalue weighted by Crippen LogP contribution is 2.22. The SMILES string of the molecule is N#Cc1ccc(NCCc2ncn[nH]2)cc1[N+](=O)[O-]. The Hall–Kier alpha value is -2.95. The summed E-state index contributed by atoms with van der Waals surface area (Å²) in [5.74, 6) is 0.732. The Morgan fingerprint density at radius 2 is 2.37 bits per heavy atom. The first-order valence-electron chi connectivity index (χ1n) is 5.47. The van der Waals surface area contributed by atoms with Crippen LogP contribution in [0.1, 0.15) is 11.4 Å². The fraction of sp³-hybridized carbons (Fsp3) is 0.182. The van der Waals surface area contributed by atoms with E-state index in [0.29, 0.717) is 18.7 Å². The molecular weight excluding hydrogens is 248 g/mol. The van der Waals surface area contributed by atoms with Crippen LogP contribution >= 0.6 is 0 Å². The van der Waals surface area contributed by atoms with Crippen LogP contribution < -0.4 is 5.32 Å². The molecule has 0 saturated carbocycles. The van der Waals surface area contributed by atoms with Crippen molar-refractivity contribution in [2.75, 3.05) is 11.9 Å². The molecule has 2 rings (SSSR count). The van der Waals surface area contributed by atoms with Gasteiger partial charge in [0.2, 0.25) is 0 Å². The molecule has 0 aliphatic heterocycles. The summed E-state index contributed by atoms with van der Waals surface area (Å²) in [6.07, 6.45) is 2.04. The lowest BCUT2D eigenvalue weighted by atomic mass is 10.2. The summed E-state index contributed by atoms with van der Waals surface area (Å²) < 4.78 is 0. The molecule has 19 heavy (non-hydrogen) atoms. The molecule has 0 amide bonds. The molecule has 0 radical (unpaired) electrons. The summed E-state index contributed by atoms with van der Waals surface area (Å²) in [6, 6.07) is 6.19. The third kappa shape index (κ3) is 3.04. The van der Waals surface area contributed by atoms with Crippen molar-refractivity contribution in [1.82, 2.24) is 15.2 Å². The van der Waals surface area contributed by atoms with E-state index in [9.17, 15) is 10.1 Å². The maximum Gasteiger partial charge on any atom is 0.289 e. The molecule has 0 spiro atoms. The summed E-state index contributed by atoms with van der Waals surface area (Å²) in [7, 11) is 0. The minimum Gasteiger partial charge on any atom is -0.384 e. The highest BCUT2D eigenvalue weighted by molar-refractivity contribution is 5.59. The predicted molar refractivity (Wildman–Crippen MR) is 66.4 cm³/mol. The van der Waals surface area contributed by atoms with Crippen LogP contribution in [0.15, 0.2) is 24.5 Å². The molecule has 0 atom stereocenters. The van der Waals surface area contributed by atoms with Crippen LogP contribution in [0.4, 0.5) is 11.4 Å². The number of rotatable bonds is 5. The van der Waals surface area contributed by atoms with Crippen LogP contribution in [-0.2, 0) is 6.42 Å². The molecule has 0 aliphatic carbocycles. The molecular formula is C11H10N6O2. The van der Waals surface area contributed by atoms with Crippen LogP contribution in [0, 0.1) is 21.4 Å². The van der Waals surface area contributed by atoms with Gasteiger partial charge in [-0.15, -0.1) is 0 Å². The van der Waals surface area contributed by atoms with Gasteiger partial charge in [-0.25, -0.2) is 4.98 Å². The van der Waals surface area contributed by atoms with Gasteiger partial charge in [0.05, 0.1) is 4.92 Å².